The fourth-order valence-corrected chi connectivity index (χ4v) is 3.39. The lowest BCUT2D eigenvalue weighted by Gasteiger charge is -2.56. The maximum Gasteiger partial charge on any atom is 0.410 e. The second kappa shape index (κ2) is 5.82. The summed E-state index contributed by atoms with van der Waals surface area (Å²) in [6.45, 7) is 8.01. The summed E-state index contributed by atoms with van der Waals surface area (Å²) < 4.78 is 5.46. The van der Waals surface area contributed by atoms with Crippen LogP contribution in [0.15, 0.2) is 12.3 Å². The van der Waals surface area contributed by atoms with Crippen molar-refractivity contribution >= 4 is 23.6 Å². The number of ether oxygens (including phenoxy) is 1. The fourth-order valence-electron chi connectivity index (χ4n) is 3.26. The van der Waals surface area contributed by atoms with E-state index in [4.69, 9.17) is 16.3 Å². The summed E-state index contributed by atoms with van der Waals surface area (Å²) in [5, 5.41) is 0.461. The molecule has 0 bridgehead atoms. The van der Waals surface area contributed by atoms with Crippen LogP contribution in [-0.2, 0) is 4.74 Å². The fraction of sp³-hybridized carbons (Fsp3) is 0.688. The number of likely N-dealkylation sites (tertiary alicyclic amines) is 1. The molecule has 1 aromatic heterocycles. The van der Waals surface area contributed by atoms with Crippen molar-refractivity contribution in [1.29, 1.82) is 0 Å². The smallest absolute Gasteiger partial charge is 0.410 e. The number of hydrogen-bond donors (Lipinski definition) is 0. The molecule has 0 radical (unpaired) electrons. The first-order chi connectivity index (χ1) is 10.8. The van der Waals surface area contributed by atoms with E-state index in [0.717, 1.165) is 25.8 Å². The van der Waals surface area contributed by atoms with Crippen molar-refractivity contribution in [2.24, 2.45) is 0 Å². The minimum atomic E-state index is -0.455. The highest BCUT2D eigenvalue weighted by atomic mass is 35.5. The molecule has 7 heteroatoms. The van der Waals surface area contributed by atoms with Crippen LogP contribution >= 0.6 is 11.6 Å². The van der Waals surface area contributed by atoms with E-state index in [2.05, 4.69) is 14.9 Å². The second-order valence-corrected chi connectivity index (χ2v) is 7.66. The molecule has 0 aromatic carbocycles. The number of piperidine rings is 1. The molecule has 126 valence electrons. The lowest BCUT2D eigenvalue weighted by atomic mass is 9.76. The van der Waals surface area contributed by atoms with Gasteiger partial charge >= 0.3 is 6.09 Å². The number of hydrogen-bond acceptors (Lipinski definition) is 5. The van der Waals surface area contributed by atoms with Crippen molar-refractivity contribution in [3.05, 3.63) is 17.4 Å². The molecule has 2 fully saturated rings. The average molecular weight is 339 g/mol. The van der Waals surface area contributed by atoms with Gasteiger partial charge < -0.3 is 14.5 Å². The van der Waals surface area contributed by atoms with Crippen LogP contribution in [0, 0.1) is 0 Å². The first kappa shape index (κ1) is 16.3. The third kappa shape index (κ3) is 3.37. The summed E-state index contributed by atoms with van der Waals surface area (Å²) >= 11 is 5.98. The van der Waals surface area contributed by atoms with Crippen molar-refractivity contribution in [3.8, 4) is 0 Å². The first-order valence-electron chi connectivity index (χ1n) is 8.03. The number of anilines is 1. The predicted molar refractivity (Wildman–Crippen MR) is 88.8 cm³/mol. The Morgan fingerprint density at radius 1 is 1.26 bits per heavy atom. The molecule has 1 spiro atoms. The molecule has 0 N–H and O–H groups in total. The highest BCUT2D eigenvalue weighted by molar-refractivity contribution is 6.29. The lowest BCUT2D eigenvalue weighted by molar-refractivity contribution is 0.0129. The summed E-state index contributed by atoms with van der Waals surface area (Å²) in [5.74, 6) is 0.689. The predicted octanol–water partition coefficient (Wildman–Crippen LogP) is 3.11. The lowest BCUT2D eigenvalue weighted by Crippen LogP contribution is -2.65. The zero-order valence-corrected chi connectivity index (χ0v) is 14.6. The maximum atomic E-state index is 12.2. The number of carbonyl (C=O) groups excluding carboxylic acids is 1. The third-order valence-corrected chi connectivity index (χ3v) is 4.78. The van der Waals surface area contributed by atoms with Crippen molar-refractivity contribution in [1.82, 2.24) is 14.9 Å². The topological polar surface area (TPSA) is 58.6 Å². The van der Waals surface area contributed by atoms with Gasteiger partial charge in [-0.1, -0.05) is 11.6 Å². The standard InChI is InChI=1S/C16H23ClN4O2/c1-15(2,3)23-14(22)20-9-5-16(6-10-20)7-11-21(16)13-18-8-4-12(17)19-13/h4,8H,5-7,9-11H2,1-3H3. The molecule has 2 aliphatic heterocycles. The molecular weight excluding hydrogens is 316 g/mol. The van der Waals surface area contributed by atoms with Crippen molar-refractivity contribution in [3.63, 3.8) is 0 Å². The van der Waals surface area contributed by atoms with Crippen LogP contribution < -0.4 is 4.90 Å². The summed E-state index contributed by atoms with van der Waals surface area (Å²) in [6, 6.07) is 1.68. The van der Waals surface area contributed by atoms with Gasteiger partial charge in [-0.15, -0.1) is 0 Å². The Hall–Kier alpha value is -1.56. The van der Waals surface area contributed by atoms with Crippen molar-refractivity contribution in [2.45, 2.75) is 51.2 Å². The third-order valence-electron chi connectivity index (χ3n) is 4.57. The van der Waals surface area contributed by atoms with Gasteiger partial charge in [0.2, 0.25) is 5.95 Å². The van der Waals surface area contributed by atoms with Gasteiger partial charge in [0.05, 0.1) is 0 Å². The Balaban J connectivity index is 1.63. The van der Waals surface area contributed by atoms with Gasteiger partial charge in [0.15, 0.2) is 0 Å². The van der Waals surface area contributed by atoms with Crippen LogP contribution in [0.2, 0.25) is 5.15 Å². The quantitative estimate of drug-likeness (QED) is 0.736. The van der Waals surface area contributed by atoms with Gasteiger partial charge in [-0.2, -0.15) is 0 Å². The molecule has 23 heavy (non-hydrogen) atoms. The monoisotopic (exact) mass is 338 g/mol. The Morgan fingerprint density at radius 2 is 1.91 bits per heavy atom. The summed E-state index contributed by atoms with van der Waals surface area (Å²) in [5.41, 5.74) is -0.396. The van der Waals surface area contributed by atoms with Crippen LogP contribution in [0.1, 0.15) is 40.0 Å². The Morgan fingerprint density at radius 3 is 2.43 bits per heavy atom. The van der Waals surface area contributed by atoms with Crippen LogP contribution in [0.5, 0.6) is 0 Å². The van der Waals surface area contributed by atoms with E-state index in [1.54, 1.807) is 17.2 Å². The zero-order valence-electron chi connectivity index (χ0n) is 13.9. The van der Waals surface area contributed by atoms with Gasteiger partial charge in [-0.05, 0) is 46.1 Å². The number of nitrogens with zero attached hydrogens (tertiary/aromatic N) is 4. The molecule has 0 saturated carbocycles. The Kier molecular flexibility index (Phi) is 4.12. The molecule has 0 aliphatic carbocycles. The van der Waals surface area contributed by atoms with Crippen LogP contribution in [0.4, 0.5) is 10.7 Å². The Bertz CT molecular complexity index is 594. The van der Waals surface area contributed by atoms with E-state index < -0.39 is 5.60 Å². The average Bonchev–Trinajstić information content (AvgIpc) is 2.44. The molecule has 2 saturated heterocycles. The number of rotatable bonds is 1. The van der Waals surface area contributed by atoms with Gasteiger partial charge in [0.1, 0.15) is 10.8 Å². The van der Waals surface area contributed by atoms with E-state index in [1.807, 2.05) is 20.8 Å². The number of amides is 1. The SMILES string of the molecule is CC(C)(C)OC(=O)N1CCC2(CC1)CCN2c1nccc(Cl)n1. The van der Waals surface area contributed by atoms with Gasteiger partial charge in [0, 0.05) is 31.4 Å². The molecule has 3 rings (SSSR count). The summed E-state index contributed by atoms with van der Waals surface area (Å²) in [6.07, 6.45) is 4.37. The Labute approximate surface area is 141 Å². The number of halogens is 1. The molecular formula is C16H23ClN4O2. The minimum Gasteiger partial charge on any atom is -0.444 e. The van der Waals surface area contributed by atoms with Crippen LogP contribution in [-0.4, -0.2) is 51.7 Å². The van der Waals surface area contributed by atoms with Crippen molar-refractivity contribution in [2.75, 3.05) is 24.5 Å². The summed E-state index contributed by atoms with van der Waals surface area (Å²) in [4.78, 5) is 24.9. The van der Waals surface area contributed by atoms with E-state index in [-0.39, 0.29) is 11.6 Å². The van der Waals surface area contributed by atoms with Gasteiger partial charge in [0.25, 0.3) is 0 Å². The molecule has 6 nitrogen and oxygen atoms in total. The molecule has 2 aliphatic rings. The van der Waals surface area contributed by atoms with Gasteiger partial charge in [-0.25, -0.2) is 14.8 Å². The maximum absolute atomic E-state index is 12.2. The summed E-state index contributed by atoms with van der Waals surface area (Å²) in [7, 11) is 0. The van der Waals surface area contributed by atoms with E-state index in [0.29, 0.717) is 24.2 Å². The molecule has 0 atom stereocenters. The molecule has 1 aromatic rings. The molecule has 3 heterocycles. The highest BCUT2D eigenvalue weighted by Gasteiger charge is 2.48. The van der Waals surface area contributed by atoms with E-state index >= 15 is 0 Å². The molecule has 1 amide bonds. The normalized spacial score (nSPS) is 20.3. The van der Waals surface area contributed by atoms with Crippen LogP contribution in [0.25, 0.3) is 0 Å². The largest absolute Gasteiger partial charge is 0.444 e. The first-order valence-corrected chi connectivity index (χ1v) is 8.41. The van der Waals surface area contributed by atoms with Crippen LogP contribution in [0.3, 0.4) is 0 Å². The second-order valence-electron chi connectivity index (χ2n) is 7.27. The van der Waals surface area contributed by atoms with E-state index in [1.165, 1.54) is 0 Å². The zero-order chi connectivity index (χ0) is 16.7. The number of aromatic nitrogens is 2. The molecule has 0 unspecified atom stereocenters. The number of carbonyl (C=O) groups is 1. The highest BCUT2D eigenvalue weighted by Crippen LogP contribution is 2.42. The van der Waals surface area contributed by atoms with E-state index in [9.17, 15) is 4.79 Å². The van der Waals surface area contributed by atoms with Gasteiger partial charge in [-0.3, -0.25) is 0 Å². The van der Waals surface area contributed by atoms with Crippen molar-refractivity contribution < 1.29 is 9.53 Å². The minimum absolute atomic E-state index is 0.0587.